The van der Waals surface area contributed by atoms with Crippen molar-refractivity contribution in [3.05, 3.63) is 35.6 Å². The summed E-state index contributed by atoms with van der Waals surface area (Å²) in [6, 6.07) is 8.55. The van der Waals surface area contributed by atoms with Crippen molar-refractivity contribution < 1.29 is 13.9 Å². The van der Waals surface area contributed by atoms with E-state index in [0.717, 1.165) is 18.4 Å². The van der Waals surface area contributed by atoms with Gasteiger partial charge in [-0.15, -0.1) is 0 Å². The Kier molecular flexibility index (Phi) is 5.17. The van der Waals surface area contributed by atoms with E-state index in [4.69, 9.17) is 4.74 Å². The SMILES string of the molecule is CC(C)(C)OC(=O)N1CCC(C(C)(C#N)c2ccc(F)cc2)CC1. The van der Waals surface area contributed by atoms with Crippen molar-refractivity contribution in [3.8, 4) is 6.07 Å². The molecule has 1 aromatic rings. The molecule has 1 aliphatic heterocycles. The van der Waals surface area contributed by atoms with Crippen molar-refractivity contribution in [1.82, 2.24) is 4.90 Å². The topological polar surface area (TPSA) is 53.3 Å². The lowest BCUT2D eigenvalue weighted by molar-refractivity contribution is 0.0163. The second-order valence-corrected chi connectivity index (χ2v) is 7.56. The second-order valence-electron chi connectivity index (χ2n) is 7.56. The number of nitrogens with zero attached hydrogens (tertiary/aromatic N) is 2. The molecule has 130 valence electrons. The molecule has 0 radical (unpaired) electrons. The van der Waals surface area contributed by atoms with Crippen LogP contribution in [0.3, 0.4) is 0 Å². The monoisotopic (exact) mass is 332 g/mol. The summed E-state index contributed by atoms with van der Waals surface area (Å²) < 4.78 is 18.6. The van der Waals surface area contributed by atoms with E-state index in [0.29, 0.717) is 13.1 Å². The van der Waals surface area contributed by atoms with Gasteiger partial charge >= 0.3 is 6.09 Å². The highest BCUT2D eigenvalue weighted by molar-refractivity contribution is 5.68. The molecule has 1 aliphatic rings. The molecule has 1 fully saturated rings. The minimum absolute atomic E-state index is 0.117. The number of amides is 1. The summed E-state index contributed by atoms with van der Waals surface area (Å²) in [6.45, 7) is 8.57. The smallest absolute Gasteiger partial charge is 0.410 e. The van der Waals surface area contributed by atoms with Crippen molar-refractivity contribution in [2.24, 2.45) is 5.92 Å². The maximum atomic E-state index is 13.2. The van der Waals surface area contributed by atoms with Gasteiger partial charge in [-0.05, 0) is 64.2 Å². The maximum Gasteiger partial charge on any atom is 0.410 e. The normalized spacial score (nSPS) is 18.6. The Labute approximate surface area is 143 Å². The van der Waals surface area contributed by atoms with E-state index < -0.39 is 11.0 Å². The third kappa shape index (κ3) is 4.05. The number of piperidine rings is 1. The lowest BCUT2D eigenvalue weighted by Gasteiger charge is -2.39. The fraction of sp³-hybridized carbons (Fsp3) is 0.579. The number of benzene rings is 1. The van der Waals surface area contributed by atoms with Gasteiger partial charge in [0.15, 0.2) is 0 Å². The van der Waals surface area contributed by atoms with Crippen LogP contribution in [-0.2, 0) is 10.2 Å². The molecule has 0 saturated carbocycles. The van der Waals surface area contributed by atoms with Gasteiger partial charge in [0.25, 0.3) is 0 Å². The quantitative estimate of drug-likeness (QED) is 0.813. The van der Waals surface area contributed by atoms with Gasteiger partial charge in [-0.3, -0.25) is 0 Å². The van der Waals surface area contributed by atoms with E-state index in [-0.39, 0.29) is 17.8 Å². The van der Waals surface area contributed by atoms with Crippen molar-refractivity contribution in [3.63, 3.8) is 0 Å². The highest BCUT2D eigenvalue weighted by Crippen LogP contribution is 2.38. The van der Waals surface area contributed by atoms with E-state index in [1.807, 2.05) is 27.7 Å². The number of nitriles is 1. The van der Waals surface area contributed by atoms with Crippen molar-refractivity contribution in [2.45, 2.75) is 51.6 Å². The van der Waals surface area contributed by atoms with Gasteiger partial charge in [-0.1, -0.05) is 12.1 Å². The third-order valence-electron chi connectivity index (χ3n) is 4.64. The summed E-state index contributed by atoms with van der Waals surface area (Å²) in [5.41, 5.74) is -0.376. The summed E-state index contributed by atoms with van der Waals surface area (Å²) in [6.07, 6.45) is 1.14. The van der Waals surface area contributed by atoms with Crippen LogP contribution in [0, 0.1) is 23.1 Å². The predicted molar refractivity (Wildman–Crippen MR) is 89.9 cm³/mol. The third-order valence-corrected chi connectivity index (χ3v) is 4.64. The molecular formula is C19H25FN2O2. The highest BCUT2D eigenvalue weighted by Gasteiger charge is 2.39. The van der Waals surface area contributed by atoms with Gasteiger partial charge in [-0.2, -0.15) is 5.26 Å². The minimum atomic E-state index is -0.687. The summed E-state index contributed by atoms with van der Waals surface area (Å²) in [7, 11) is 0. The van der Waals surface area contributed by atoms with Gasteiger partial charge in [-0.25, -0.2) is 9.18 Å². The van der Waals surface area contributed by atoms with Crippen molar-refractivity contribution in [2.75, 3.05) is 13.1 Å². The fourth-order valence-corrected chi connectivity index (χ4v) is 3.15. The Bertz CT molecular complexity index is 622. The van der Waals surface area contributed by atoms with Crippen LogP contribution in [0.15, 0.2) is 24.3 Å². The molecule has 0 spiro atoms. The zero-order valence-electron chi connectivity index (χ0n) is 14.8. The lowest BCUT2D eigenvalue weighted by Crippen LogP contribution is -2.45. The molecule has 1 atom stereocenters. The number of halogens is 1. The van der Waals surface area contributed by atoms with Crippen molar-refractivity contribution in [1.29, 1.82) is 5.26 Å². The first-order valence-electron chi connectivity index (χ1n) is 8.31. The van der Waals surface area contributed by atoms with E-state index in [2.05, 4.69) is 6.07 Å². The first-order chi connectivity index (χ1) is 11.2. The number of carbonyl (C=O) groups excluding carboxylic acids is 1. The number of ether oxygens (including phenoxy) is 1. The number of hydrogen-bond donors (Lipinski definition) is 0. The van der Waals surface area contributed by atoms with Crippen LogP contribution in [0.5, 0.6) is 0 Å². The number of carbonyl (C=O) groups is 1. The lowest BCUT2D eigenvalue weighted by atomic mass is 9.69. The van der Waals surface area contributed by atoms with Crippen LogP contribution < -0.4 is 0 Å². The van der Waals surface area contributed by atoms with Crippen LogP contribution in [0.2, 0.25) is 0 Å². The van der Waals surface area contributed by atoms with Gasteiger partial charge in [0.2, 0.25) is 0 Å². The Morgan fingerprint density at radius 3 is 2.21 bits per heavy atom. The maximum absolute atomic E-state index is 13.2. The average Bonchev–Trinajstić information content (AvgIpc) is 2.53. The van der Waals surface area contributed by atoms with Gasteiger partial charge in [0, 0.05) is 13.1 Å². The Morgan fingerprint density at radius 2 is 1.75 bits per heavy atom. The fourth-order valence-electron chi connectivity index (χ4n) is 3.15. The summed E-state index contributed by atoms with van der Waals surface area (Å²) in [5.74, 6) is -0.189. The largest absolute Gasteiger partial charge is 0.444 e. The van der Waals surface area contributed by atoms with Gasteiger partial charge < -0.3 is 9.64 Å². The van der Waals surface area contributed by atoms with E-state index in [9.17, 15) is 14.4 Å². The van der Waals surface area contributed by atoms with Crippen LogP contribution >= 0.6 is 0 Å². The minimum Gasteiger partial charge on any atom is -0.444 e. The molecule has 1 amide bonds. The number of hydrogen-bond acceptors (Lipinski definition) is 3. The molecule has 0 aromatic heterocycles. The zero-order chi connectivity index (χ0) is 18.0. The summed E-state index contributed by atoms with van der Waals surface area (Å²) in [4.78, 5) is 13.8. The van der Waals surface area contributed by atoms with Gasteiger partial charge in [0.1, 0.15) is 11.4 Å². The predicted octanol–water partition coefficient (Wildman–Crippen LogP) is 4.25. The van der Waals surface area contributed by atoms with E-state index >= 15 is 0 Å². The second kappa shape index (κ2) is 6.80. The first-order valence-corrected chi connectivity index (χ1v) is 8.31. The molecule has 0 aliphatic carbocycles. The average molecular weight is 332 g/mol. The molecule has 1 aromatic carbocycles. The molecule has 0 N–H and O–H groups in total. The molecule has 1 saturated heterocycles. The Hall–Kier alpha value is -2.09. The van der Waals surface area contributed by atoms with E-state index in [1.165, 1.54) is 12.1 Å². The first kappa shape index (κ1) is 18.3. The standard InChI is InChI=1S/C19H25FN2O2/c1-18(2,3)24-17(23)22-11-9-15(10-12-22)19(4,13-21)14-5-7-16(20)8-6-14/h5-8,15H,9-12H2,1-4H3. The van der Waals surface area contributed by atoms with Crippen LogP contribution in [0.25, 0.3) is 0 Å². The molecule has 24 heavy (non-hydrogen) atoms. The molecule has 2 rings (SSSR count). The Balaban J connectivity index is 2.06. The Morgan fingerprint density at radius 1 is 1.21 bits per heavy atom. The molecule has 4 nitrogen and oxygen atoms in total. The van der Waals surface area contributed by atoms with Crippen molar-refractivity contribution >= 4 is 6.09 Å². The molecule has 5 heteroatoms. The van der Waals surface area contributed by atoms with Gasteiger partial charge in [0.05, 0.1) is 11.5 Å². The summed E-state index contributed by atoms with van der Waals surface area (Å²) in [5, 5.41) is 9.74. The van der Waals surface area contributed by atoms with Crippen LogP contribution in [0.4, 0.5) is 9.18 Å². The molecule has 0 bridgehead atoms. The zero-order valence-corrected chi connectivity index (χ0v) is 14.8. The van der Waals surface area contributed by atoms with Crippen LogP contribution in [0.1, 0.15) is 46.1 Å². The molecule has 1 heterocycles. The number of likely N-dealkylation sites (tertiary alicyclic amines) is 1. The van der Waals surface area contributed by atoms with Crippen LogP contribution in [-0.4, -0.2) is 29.7 Å². The number of rotatable bonds is 2. The summed E-state index contributed by atoms with van der Waals surface area (Å²) >= 11 is 0. The molecule has 1 unspecified atom stereocenters. The van der Waals surface area contributed by atoms with E-state index in [1.54, 1.807) is 17.0 Å². The highest BCUT2D eigenvalue weighted by atomic mass is 19.1. The molecular weight excluding hydrogens is 307 g/mol.